The van der Waals surface area contributed by atoms with Crippen LogP contribution in [0.2, 0.25) is 0 Å². The number of nitrogens with zero attached hydrogens (tertiary/aromatic N) is 2. The molecule has 0 saturated carbocycles. The van der Waals surface area contributed by atoms with E-state index in [0.29, 0.717) is 0 Å². The van der Waals surface area contributed by atoms with Crippen LogP contribution in [0.25, 0.3) is 0 Å². The van der Waals surface area contributed by atoms with Crippen LogP contribution < -0.4 is 15.2 Å². The zero-order chi connectivity index (χ0) is 22.1. The van der Waals surface area contributed by atoms with Crippen molar-refractivity contribution < 1.29 is 33.6 Å². The molecule has 2 N–H and O–H groups in total. The van der Waals surface area contributed by atoms with E-state index in [1.165, 1.54) is 57.7 Å². The molecule has 0 aliphatic heterocycles. The molecule has 12 heteroatoms. The first-order valence-electron chi connectivity index (χ1n) is 7.70. The normalized spacial score (nSPS) is 9.48. The number of hydrogen-bond acceptors (Lipinski definition) is 9. The number of ether oxygens (including phenoxy) is 3. The lowest BCUT2D eigenvalue weighted by molar-refractivity contribution is -0.385. The number of nitro benzene ring substituents is 2. The molecule has 1 amide bonds. The maximum absolute atomic E-state index is 11.2. The topological polar surface area (TPSA) is 174 Å². The summed E-state index contributed by atoms with van der Waals surface area (Å²) in [6.07, 6.45) is 0. The number of nitro groups is 2. The summed E-state index contributed by atoms with van der Waals surface area (Å²) in [5.41, 5.74) is 4.52. The van der Waals surface area contributed by atoms with Crippen molar-refractivity contribution in [2.24, 2.45) is 5.73 Å². The Balaban J connectivity index is 0.000000291. The summed E-state index contributed by atoms with van der Waals surface area (Å²) in [5, 5.41) is 21.1. The Morgan fingerprint density at radius 2 is 1.24 bits per heavy atom. The van der Waals surface area contributed by atoms with Crippen molar-refractivity contribution in [2.45, 2.75) is 0 Å². The third-order valence-electron chi connectivity index (χ3n) is 3.46. The van der Waals surface area contributed by atoms with Gasteiger partial charge >= 0.3 is 17.3 Å². The van der Waals surface area contributed by atoms with Crippen LogP contribution in [0.4, 0.5) is 11.4 Å². The fraction of sp³-hybridized carbons (Fsp3) is 0.176. The van der Waals surface area contributed by atoms with Crippen molar-refractivity contribution in [3.63, 3.8) is 0 Å². The number of primary amides is 1. The number of benzene rings is 2. The molecule has 29 heavy (non-hydrogen) atoms. The fourth-order valence-corrected chi connectivity index (χ4v) is 2.23. The summed E-state index contributed by atoms with van der Waals surface area (Å²) in [4.78, 5) is 42.0. The highest BCUT2D eigenvalue weighted by molar-refractivity contribution is 5.97. The average molecular weight is 407 g/mol. The van der Waals surface area contributed by atoms with Gasteiger partial charge in [-0.1, -0.05) is 12.1 Å². The van der Waals surface area contributed by atoms with E-state index in [1.54, 1.807) is 0 Å². The van der Waals surface area contributed by atoms with Gasteiger partial charge in [-0.2, -0.15) is 0 Å². The molecule has 0 aliphatic rings. The molecule has 0 bridgehead atoms. The van der Waals surface area contributed by atoms with Crippen LogP contribution in [-0.2, 0) is 4.74 Å². The predicted octanol–water partition coefficient (Wildman–Crippen LogP) is 2.09. The van der Waals surface area contributed by atoms with Gasteiger partial charge in [0.1, 0.15) is 5.56 Å². The number of rotatable bonds is 6. The summed E-state index contributed by atoms with van der Waals surface area (Å²) in [5.74, 6) is -1.62. The van der Waals surface area contributed by atoms with Crippen molar-refractivity contribution in [3.05, 3.63) is 67.8 Å². The molecular weight excluding hydrogens is 390 g/mol. The number of methoxy groups -OCH3 is 3. The van der Waals surface area contributed by atoms with Gasteiger partial charge in [-0.3, -0.25) is 25.0 Å². The second-order valence-corrected chi connectivity index (χ2v) is 5.09. The summed E-state index contributed by atoms with van der Waals surface area (Å²) < 4.78 is 14.0. The molecule has 0 unspecified atom stereocenters. The van der Waals surface area contributed by atoms with E-state index >= 15 is 0 Å². The van der Waals surface area contributed by atoms with E-state index in [1.807, 2.05) is 0 Å². The number of esters is 1. The largest absolute Gasteiger partial charge is 0.490 e. The van der Waals surface area contributed by atoms with E-state index in [9.17, 15) is 29.8 Å². The van der Waals surface area contributed by atoms with Gasteiger partial charge in [0.15, 0.2) is 0 Å². The van der Waals surface area contributed by atoms with Crippen LogP contribution in [0.15, 0.2) is 36.4 Å². The molecular formula is C17H17N3O9. The number of amides is 1. The molecule has 0 saturated heterocycles. The molecule has 154 valence electrons. The standard InChI is InChI=1S/C9H9NO5.C8H8N2O4/c1-14-8-6(9(11)15-2)4-3-5-7(8)10(12)13;1-14-7-5(8(9)11)3-2-4-6(7)10(12)13/h3-5H,1-2H3;2-4H,1H3,(H2,9,11). The number of carbonyl (C=O) groups excluding carboxylic acids is 2. The molecule has 0 fully saturated rings. The third-order valence-corrected chi connectivity index (χ3v) is 3.46. The first-order valence-corrected chi connectivity index (χ1v) is 7.70. The summed E-state index contributed by atoms with van der Waals surface area (Å²) in [6.45, 7) is 0. The third kappa shape index (κ3) is 5.38. The van der Waals surface area contributed by atoms with Crippen LogP contribution in [0.1, 0.15) is 20.7 Å². The Hall–Kier alpha value is -4.22. The van der Waals surface area contributed by atoms with Crippen molar-refractivity contribution in [2.75, 3.05) is 21.3 Å². The predicted molar refractivity (Wildman–Crippen MR) is 99.2 cm³/mol. The van der Waals surface area contributed by atoms with E-state index in [0.717, 1.165) is 0 Å². The number of hydrogen-bond donors (Lipinski definition) is 1. The lowest BCUT2D eigenvalue weighted by Crippen LogP contribution is -2.13. The average Bonchev–Trinajstić information content (AvgIpc) is 2.71. The second-order valence-electron chi connectivity index (χ2n) is 5.09. The van der Waals surface area contributed by atoms with E-state index in [2.05, 4.69) is 4.74 Å². The van der Waals surface area contributed by atoms with Crippen LogP contribution in [0, 0.1) is 20.2 Å². The SMILES string of the molecule is COC(=O)c1cccc([N+](=O)[O-])c1OC.COc1c(C(N)=O)cccc1[N+](=O)[O-]. The molecule has 2 rings (SSSR count). The van der Waals surface area contributed by atoms with Crippen LogP contribution in [-0.4, -0.2) is 43.1 Å². The summed E-state index contributed by atoms with van der Waals surface area (Å²) >= 11 is 0. The number of nitrogens with two attached hydrogens (primary N) is 1. The van der Waals surface area contributed by atoms with Gasteiger partial charge in [0.2, 0.25) is 11.5 Å². The molecule has 0 heterocycles. The second kappa shape index (κ2) is 10.2. The Morgan fingerprint density at radius 1 is 0.828 bits per heavy atom. The van der Waals surface area contributed by atoms with Gasteiger partial charge in [0.05, 0.1) is 36.7 Å². The van der Waals surface area contributed by atoms with Gasteiger partial charge in [-0.15, -0.1) is 0 Å². The molecule has 0 spiro atoms. The van der Waals surface area contributed by atoms with Gasteiger partial charge in [0.25, 0.3) is 5.91 Å². The van der Waals surface area contributed by atoms with Gasteiger partial charge < -0.3 is 19.9 Å². The van der Waals surface area contributed by atoms with Gasteiger partial charge in [-0.25, -0.2) is 4.79 Å². The zero-order valence-corrected chi connectivity index (χ0v) is 15.6. The Morgan fingerprint density at radius 3 is 1.59 bits per heavy atom. The van der Waals surface area contributed by atoms with Crippen molar-refractivity contribution in [1.29, 1.82) is 0 Å². The maximum atomic E-state index is 11.2. The van der Waals surface area contributed by atoms with E-state index in [4.69, 9.17) is 15.2 Å². The zero-order valence-electron chi connectivity index (χ0n) is 15.6. The Bertz CT molecular complexity index is 911. The Labute approximate surface area is 164 Å². The molecule has 0 aromatic heterocycles. The quantitative estimate of drug-likeness (QED) is 0.427. The highest BCUT2D eigenvalue weighted by Crippen LogP contribution is 2.31. The van der Waals surface area contributed by atoms with E-state index in [-0.39, 0.29) is 34.0 Å². The van der Waals surface area contributed by atoms with E-state index < -0.39 is 21.7 Å². The summed E-state index contributed by atoms with van der Waals surface area (Å²) in [7, 11) is 3.70. The monoisotopic (exact) mass is 407 g/mol. The minimum Gasteiger partial charge on any atom is -0.490 e. The highest BCUT2D eigenvalue weighted by Gasteiger charge is 2.23. The van der Waals surface area contributed by atoms with Crippen LogP contribution in [0.3, 0.4) is 0 Å². The van der Waals surface area contributed by atoms with Crippen LogP contribution >= 0.6 is 0 Å². The molecule has 12 nitrogen and oxygen atoms in total. The first kappa shape index (κ1) is 22.8. The lowest BCUT2D eigenvalue weighted by atomic mass is 10.1. The summed E-state index contributed by atoms with van der Waals surface area (Å²) in [6, 6.07) is 8.04. The van der Waals surface area contributed by atoms with Crippen molar-refractivity contribution in [1.82, 2.24) is 0 Å². The number of carbonyl (C=O) groups is 2. The van der Waals surface area contributed by atoms with Crippen molar-refractivity contribution in [3.8, 4) is 11.5 Å². The van der Waals surface area contributed by atoms with Crippen molar-refractivity contribution >= 4 is 23.3 Å². The maximum Gasteiger partial charge on any atom is 0.341 e. The molecule has 2 aromatic rings. The Kier molecular flexibility index (Phi) is 8.03. The van der Waals surface area contributed by atoms with Crippen LogP contribution in [0.5, 0.6) is 11.5 Å². The number of para-hydroxylation sites is 2. The lowest BCUT2D eigenvalue weighted by Gasteiger charge is -2.06. The smallest absolute Gasteiger partial charge is 0.341 e. The highest BCUT2D eigenvalue weighted by atomic mass is 16.6. The minimum atomic E-state index is -0.759. The molecule has 0 atom stereocenters. The molecule has 0 radical (unpaired) electrons. The van der Waals surface area contributed by atoms with Gasteiger partial charge in [-0.05, 0) is 12.1 Å². The molecule has 0 aliphatic carbocycles. The minimum absolute atomic E-state index is 0.00157. The molecule has 2 aromatic carbocycles. The van der Waals surface area contributed by atoms with Gasteiger partial charge in [0, 0.05) is 12.1 Å². The fourth-order valence-electron chi connectivity index (χ4n) is 2.23. The first-order chi connectivity index (χ1) is 13.7.